The number of aromatic nitrogens is 2. The molecule has 11 rings (SSSR count). The second kappa shape index (κ2) is 11.0. The van der Waals surface area contributed by atoms with Crippen LogP contribution >= 0.6 is 11.3 Å². The van der Waals surface area contributed by atoms with E-state index in [0.717, 1.165) is 5.69 Å². The molecule has 0 aliphatic heterocycles. The highest BCUT2D eigenvalue weighted by atomic mass is 32.1. The zero-order valence-corrected chi connectivity index (χ0v) is 28.4. The molecule has 0 aliphatic carbocycles. The first-order valence-electron chi connectivity index (χ1n) is 17.4. The molecule has 11 aromatic rings. The average molecular weight is 667 g/mol. The third-order valence-corrected chi connectivity index (χ3v) is 11.7. The Hall–Kier alpha value is -6.42. The maximum atomic E-state index is 2.43. The van der Waals surface area contributed by atoms with E-state index >= 15 is 0 Å². The van der Waals surface area contributed by atoms with Crippen LogP contribution in [0.25, 0.3) is 97.4 Å². The molecule has 0 saturated carbocycles. The Labute approximate surface area is 298 Å². The first-order valence-corrected chi connectivity index (χ1v) is 18.3. The Bertz CT molecular complexity index is 3110. The van der Waals surface area contributed by atoms with Gasteiger partial charge in [-0.1, -0.05) is 115 Å². The fourth-order valence-electron chi connectivity index (χ4n) is 8.19. The van der Waals surface area contributed by atoms with Gasteiger partial charge in [-0.3, -0.25) is 0 Å². The van der Waals surface area contributed by atoms with Crippen molar-refractivity contribution in [2.24, 2.45) is 0 Å². The average Bonchev–Trinajstić information content (AvgIpc) is 3.86. The zero-order chi connectivity index (χ0) is 33.5. The Kier molecular flexibility index (Phi) is 6.16. The Balaban J connectivity index is 1.12. The predicted octanol–water partition coefficient (Wildman–Crippen LogP) is 13.6. The molecule has 3 heteroatoms. The molecule has 2 nitrogen and oxygen atoms in total. The quantitative estimate of drug-likeness (QED) is 0.177. The molecule has 0 spiro atoms. The van der Waals surface area contributed by atoms with Gasteiger partial charge in [0.05, 0.1) is 22.1 Å². The molecule has 3 aromatic heterocycles. The second-order valence-corrected chi connectivity index (χ2v) is 14.4. The van der Waals surface area contributed by atoms with Gasteiger partial charge in [0.2, 0.25) is 0 Å². The molecular formula is C48H30N2S. The van der Waals surface area contributed by atoms with E-state index in [0.29, 0.717) is 0 Å². The normalized spacial score (nSPS) is 11.9. The molecule has 0 bridgehead atoms. The number of fused-ring (bicyclic) bond motifs is 10. The van der Waals surface area contributed by atoms with E-state index in [1.807, 2.05) is 11.3 Å². The Morgan fingerprint density at radius 3 is 1.63 bits per heavy atom. The smallest absolute Gasteiger partial charge is 0.0555 e. The lowest BCUT2D eigenvalue weighted by Crippen LogP contribution is -1.94. The number of hydrogen-bond acceptors (Lipinski definition) is 1. The van der Waals surface area contributed by atoms with Crippen molar-refractivity contribution in [3.8, 4) is 33.6 Å². The molecule has 3 heterocycles. The summed E-state index contributed by atoms with van der Waals surface area (Å²) in [6.07, 6.45) is 0. The van der Waals surface area contributed by atoms with Crippen LogP contribution in [0.1, 0.15) is 0 Å². The molecule has 238 valence electrons. The van der Waals surface area contributed by atoms with E-state index < -0.39 is 0 Å². The van der Waals surface area contributed by atoms with Crippen LogP contribution in [0.15, 0.2) is 182 Å². The lowest BCUT2D eigenvalue weighted by molar-refractivity contribution is 1.18. The van der Waals surface area contributed by atoms with E-state index in [1.54, 1.807) is 0 Å². The summed E-state index contributed by atoms with van der Waals surface area (Å²) in [5, 5.41) is 7.78. The molecule has 0 saturated heterocycles. The monoisotopic (exact) mass is 666 g/mol. The van der Waals surface area contributed by atoms with Crippen molar-refractivity contribution in [3.63, 3.8) is 0 Å². The minimum absolute atomic E-state index is 1.16. The highest BCUT2D eigenvalue weighted by molar-refractivity contribution is 7.26. The standard InChI is InChI=1S/C48H30N2S/c1-3-11-31(12-4-1)32-19-23-36(24-20-32)49-42-17-9-7-15-37(42)40-29-33(21-26-43(40)49)34-22-27-44-41(30-34)47-45(50(44)35-13-5-2-6-14-35)28-25-39-38-16-8-10-18-46(38)51-48(39)47/h1-30H. The third-order valence-electron chi connectivity index (χ3n) is 10.5. The number of rotatable bonds is 4. The van der Waals surface area contributed by atoms with E-state index in [-0.39, 0.29) is 0 Å². The largest absolute Gasteiger partial charge is 0.309 e. The van der Waals surface area contributed by atoms with E-state index in [9.17, 15) is 0 Å². The number of hydrogen-bond donors (Lipinski definition) is 0. The van der Waals surface area contributed by atoms with Gasteiger partial charge < -0.3 is 9.13 Å². The van der Waals surface area contributed by atoms with Crippen LogP contribution in [0, 0.1) is 0 Å². The molecule has 0 N–H and O–H groups in total. The van der Waals surface area contributed by atoms with Crippen LogP contribution in [0.3, 0.4) is 0 Å². The minimum atomic E-state index is 1.16. The van der Waals surface area contributed by atoms with Crippen LogP contribution in [-0.4, -0.2) is 9.13 Å². The van der Waals surface area contributed by atoms with Crippen LogP contribution in [-0.2, 0) is 0 Å². The van der Waals surface area contributed by atoms with E-state index in [2.05, 4.69) is 191 Å². The van der Waals surface area contributed by atoms with Gasteiger partial charge in [-0.05, 0) is 89.0 Å². The summed E-state index contributed by atoms with van der Waals surface area (Å²) in [6.45, 7) is 0. The summed E-state index contributed by atoms with van der Waals surface area (Å²) < 4.78 is 7.51. The summed E-state index contributed by atoms with van der Waals surface area (Å²) in [4.78, 5) is 0. The molecule has 0 atom stereocenters. The first-order chi connectivity index (χ1) is 25.3. The van der Waals surface area contributed by atoms with E-state index in [4.69, 9.17) is 0 Å². The molecule has 8 aromatic carbocycles. The third kappa shape index (κ3) is 4.29. The van der Waals surface area contributed by atoms with Gasteiger partial charge in [0.1, 0.15) is 0 Å². The molecule has 0 fully saturated rings. The minimum Gasteiger partial charge on any atom is -0.309 e. The van der Waals surface area contributed by atoms with Crippen LogP contribution < -0.4 is 0 Å². The van der Waals surface area contributed by atoms with Gasteiger partial charge in [0, 0.05) is 53.1 Å². The number of nitrogens with zero attached hydrogens (tertiary/aromatic N) is 2. The fourth-order valence-corrected chi connectivity index (χ4v) is 9.44. The zero-order valence-electron chi connectivity index (χ0n) is 27.6. The maximum absolute atomic E-state index is 2.43. The van der Waals surface area contributed by atoms with Crippen LogP contribution in [0.2, 0.25) is 0 Å². The highest BCUT2D eigenvalue weighted by Crippen LogP contribution is 2.44. The molecule has 51 heavy (non-hydrogen) atoms. The molecule has 0 aliphatic rings. The summed E-state index contributed by atoms with van der Waals surface area (Å²) >= 11 is 1.90. The lowest BCUT2D eigenvalue weighted by atomic mass is 10.00. The van der Waals surface area contributed by atoms with Crippen molar-refractivity contribution < 1.29 is 0 Å². The number of benzene rings is 8. The SMILES string of the molecule is c1ccc(-c2ccc(-n3c4ccccc4c4cc(-c5ccc6c(c5)c5c7sc8ccccc8c7ccc5n6-c5ccccc5)ccc43)cc2)cc1. The van der Waals surface area contributed by atoms with Gasteiger partial charge in [-0.2, -0.15) is 0 Å². The van der Waals surface area contributed by atoms with Crippen LogP contribution in [0.5, 0.6) is 0 Å². The Morgan fingerprint density at radius 1 is 0.314 bits per heavy atom. The van der Waals surface area contributed by atoms with Gasteiger partial charge in [0.15, 0.2) is 0 Å². The summed E-state index contributed by atoms with van der Waals surface area (Å²) in [7, 11) is 0. The highest BCUT2D eigenvalue weighted by Gasteiger charge is 2.19. The molecule has 0 radical (unpaired) electrons. The fraction of sp³-hybridized carbons (Fsp3) is 0. The molecule has 0 unspecified atom stereocenters. The lowest BCUT2D eigenvalue weighted by Gasteiger charge is -2.10. The second-order valence-electron chi connectivity index (χ2n) is 13.3. The van der Waals surface area contributed by atoms with Crippen molar-refractivity contribution in [2.45, 2.75) is 0 Å². The van der Waals surface area contributed by atoms with Crippen molar-refractivity contribution in [2.75, 3.05) is 0 Å². The molecular weight excluding hydrogens is 637 g/mol. The van der Waals surface area contributed by atoms with Crippen molar-refractivity contribution >= 4 is 75.1 Å². The molecule has 0 amide bonds. The predicted molar refractivity (Wildman–Crippen MR) is 219 cm³/mol. The van der Waals surface area contributed by atoms with Gasteiger partial charge in [0.25, 0.3) is 0 Å². The maximum Gasteiger partial charge on any atom is 0.0555 e. The van der Waals surface area contributed by atoms with Crippen molar-refractivity contribution in [1.29, 1.82) is 0 Å². The van der Waals surface area contributed by atoms with E-state index in [1.165, 1.54) is 91.7 Å². The van der Waals surface area contributed by atoms with Crippen molar-refractivity contribution in [3.05, 3.63) is 182 Å². The summed E-state index contributed by atoms with van der Waals surface area (Å²) in [5.74, 6) is 0. The number of para-hydroxylation sites is 2. The van der Waals surface area contributed by atoms with Gasteiger partial charge in [-0.15, -0.1) is 11.3 Å². The number of thiophene rings is 1. The van der Waals surface area contributed by atoms with Gasteiger partial charge >= 0.3 is 0 Å². The summed E-state index contributed by atoms with van der Waals surface area (Å²) in [5.41, 5.74) is 12.1. The Morgan fingerprint density at radius 2 is 0.843 bits per heavy atom. The van der Waals surface area contributed by atoms with Crippen LogP contribution in [0.4, 0.5) is 0 Å². The first kappa shape index (κ1) is 28.4. The van der Waals surface area contributed by atoms with Crippen molar-refractivity contribution in [1.82, 2.24) is 9.13 Å². The summed E-state index contributed by atoms with van der Waals surface area (Å²) in [6, 6.07) is 66.5. The topological polar surface area (TPSA) is 9.86 Å². The van der Waals surface area contributed by atoms with Gasteiger partial charge in [-0.25, -0.2) is 0 Å².